The number of rotatable bonds is 4. The fraction of sp³-hybridized carbons (Fsp3) is 0.348. The number of hydrogen-bond acceptors (Lipinski definition) is 6. The monoisotopic (exact) mass is 406 g/mol. The van der Waals surface area contributed by atoms with Crippen LogP contribution in [0.2, 0.25) is 0 Å². The summed E-state index contributed by atoms with van der Waals surface area (Å²) in [4.78, 5) is 17.6. The molecule has 6 nitrogen and oxygen atoms in total. The molecule has 1 N–H and O–H groups in total. The van der Waals surface area contributed by atoms with E-state index in [1.807, 2.05) is 25.4 Å². The van der Waals surface area contributed by atoms with E-state index in [1.165, 1.54) is 6.20 Å². The van der Waals surface area contributed by atoms with Crippen molar-refractivity contribution in [2.24, 2.45) is 4.99 Å². The molecule has 0 radical (unpaired) electrons. The van der Waals surface area contributed by atoms with E-state index in [2.05, 4.69) is 50.9 Å². The highest BCUT2D eigenvalue weighted by atomic mass is 19.1. The number of aliphatic imine (C=N–C) groups is 1. The van der Waals surface area contributed by atoms with Gasteiger partial charge in [0, 0.05) is 50.7 Å². The fourth-order valence-corrected chi connectivity index (χ4v) is 3.82. The number of halogens is 1. The molecule has 4 heterocycles. The molecule has 30 heavy (non-hydrogen) atoms. The molecule has 7 heteroatoms. The Hall–Kier alpha value is -3.22. The van der Waals surface area contributed by atoms with Crippen LogP contribution in [0, 0.1) is 6.92 Å². The van der Waals surface area contributed by atoms with Gasteiger partial charge in [0.1, 0.15) is 11.6 Å². The Morgan fingerprint density at radius 3 is 2.87 bits per heavy atom. The summed E-state index contributed by atoms with van der Waals surface area (Å²) in [6, 6.07) is 6.00. The number of aromatic nitrogens is 2. The number of hydrogen-bond donors (Lipinski definition) is 1. The Labute approximate surface area is 176 Å². The standard InChI is InChI=1S/C23H27FN6/c1-16-10-18(13-25-12-16)21-6-7-22-23(28-21)30(9-5-4-8-29(22)3)17(2)27-20-11-19(24)14-26-15-20/h6-7,10,12-15,20,27H,2,4-5,8-9,11H2,1,3H3. The molecular formula is C23H27FN6. The molecule has 2 aliphatic heterocycles. The maximum Gasteiger partial charge on any atom is 0.158 e. The lowest BCUT2D eigenvalue weighted by molar-refractivity contribution is 0.537. The molecular weight excluding hydrogens is 379 g/mol. The van der Waals surface area contributed by atoms with Crippen molar-refractivity contribution in [3.05, 3.63) is 60.6 Å². The summed E-state index contributed by atoms with van der Waals surface area (Å²) >= 11 is 0. The molecule has 0 aliphatic carbocycles. The number of aryl methyl sites for hydroxylation is 1. The van der Waals surface area contributed by atoms with Gasteiger partial charge in [0.05, 0.1) is 23.6 Å². The maximum absolute atomic E-state index is 13.6. The van der Waals surface area contributed by atoms with Crippen LogP contribution in [0.3, 0.4) is 0 Å². The lowest BCUT2D eigenvalue weighted by atomic mass is 10.1. The molecule has 1 unspecified atom stereocenters. The van der Waals surface area contributed by atoms with E-state index in [0.29, 0.717) is 5.82 Å². The first kappa shape index (κ1) is 20.1. The largest absolute Gasteiger partial charge is 0.372 e. The molecule has 0 saturated carbocycles. The van der Waals surface area contributed by atoms with Crippen LogP contribution in [0.4, 0.5) is 15.9 Å². The summed E-state index contributed by atoms with van der Waals surface area (Å²) in [7, 11) is 2.09. The zero-order valence-corrected chi connectivity index (χ0v) is 17.5. The third-order valence-corrected chi connectivity index (χ3v) is 5.39. The second-order valence-corrected chi connectivity index (χ2v) is 7.85. The minimum atomic E-state index is -0.233. The second-order valence-electron chi connectivity index (χ2n) is 7.85. The molecule has 2 aromatic rings. The number of fused-ring (bicyclic) bond motifs is 1. The zero-order valence-electron chi connectivity index (χ0n) is 17.5. The lowest BCUT2D eigenvalue weighted by Gasteiger charge is -2.35. The van der Waals surface area contributed by atoms with Gasteiger partial charge in [-0.2, -0.15) is 0 Å². The van der Waals surface area contributed by atoms with Crippen molar-refractivity contribution in [3.8, 4) is 11.3 Å². The van der Waals surface area contributed by atoms with Crippen molar-refractivity contribution >= 4 is 17.7 Å². The summed E-state index contributed by atoms with van der Waals surface area (Å²) in [5.41, 5.74) is 3.98. The Morgan fingerprint density at radius 1 is 1.23 bits per heavy atom. The van der Waals surface area contributed by atoms with Crippen LogP contribution >= 0.6 is 0 Å². The van der Waals surface area contributed by atoms with Gasteiger partial charge in [0.15, 0.2) is 5.82 Å². The molecule has 0 fully saturated rings. The summed E-state index contributed by atoms with van der Waals surface area (Å²) in [5, 5.41) is 3.32. The van der Waals surface area contributed by atoms with E-state index in [4.69, 9.17) is 4.98 Å². The van der Waals surface area contributed by atoms with Crippen molar-refractivity contribution in [1.82, 2.24) is 15.3 Å². The molecule has 0 aromatic carbocycles. The first-order valence-corrected chi connectivity index (χ1v) is 10.3. The third kappa shape index (κ3) is 4.35. The van der Waals surface area contributed by atoms with E-state index >= 15 is 0 Å². The van der Waals surface area contributed by atoms with Crippen molar-refractivity contribution in [1.29, 1.82) is 0 Å². The first-order chi connectivity index (χ1) is 14.5. The molecule has 2 aromatic heterocycles. The van der Waals surface area contributed by atoms with Gasteiger partial charge in [-0.05, 0) is 43.5 Å². The van der Waals surface area contributed by atoms with Crippen molar-refractivity contribution in [3.63, 3.8) is 0 Å². The average Bonchev–Trinajstić information content (AvgIpc) is 2.72. The van der Waals surface area contributed by atoms with Gasteiger partial charge in [-0.3, -0.25) is 9.98 Å². The smallest absolute Gasteiger partial charge is 0.158 e. The number of nitrogens with one attached hydrogen (secondary N) is 1. The predicted molar refractivity (Wildman–Crippen MR) is 120 cm³/mol. The summed E-state index contributed by atoms with van der Waals surface area (Å²) in [5.74, 6) is 1.31. The molecule has 0 spiro atoms. The number of anilines is 2. The van der Waals surface area contributed by atoms with Crippen molar-refractivity contribution in [2.45, 2.75) is 32.2 Å². The number of pyridine rings is 2. The second kappa shape index (κ2) is 8.65. The van der Waals surface area contributed by atoms with Gasteiger partial charge >= 0.3 is 0 Å². The average molecular weight is 407 g/mol. The molecule has 2 aliphatic rings. The Kier molecular flexibility index (Phi) is 5.79. The molecule has 156 valence electrons. The van der Waals surface area contributed by atoms with E-state index in [0.717, 1.165) is 54.3 Å². The van der Waals surface area contributed by atoms with Crippen LogP contribution in [0.15, 0.2) is 60.0 Å². The molecule has 0 saturated heterocycles. The van der Waals surface area contributed by atoms with Gasteiger partial charge in [0.25, 0.3) is 0 Å². The topological polar surface area (TPSA) is 56.7 Å². The molecule has 4 rings (SSSR count). The van der Waals surface area contributed by atoms with Crippen LogP contribution in [0.25, 0.3) is 11.3 Å². The van der Waals surface area contributed by atoms with Crippen LogP contribution in [0.5, 0.6) is 0 Å². The van der Waals surface area contributed by atoms with Gasteiger partial charge in [-0.1, -0.05) is 6.58 Å². The van der Waals surface area contributed by atoms with E-state index in [-0.39, 0.29) is 18.3 Å². The molecule has 0 bridgehead atoms. The van der Waals surface area contributed by atoms with Gasteiger partial charge in [-0.25, -0.2) is 9.37 Å². The minimum absolute atomic E-state index is 0.224. The van der Waals surface area contributed by atoms with Crippen LogP contribution in [-0.2, 0) is 0 Å². The summed E-state index contributed by atoms with van der Waals surface area (Å²) in [6.07, 6.45) is 8.99. The molecule has 1 atom stereocenters. The van der Waals surface area contributed by atoms with Crippen LogP contribution in [0.1, 0.15) is 24.8 Å². The minimum Gasteiger partial charge on any atom is -0.372 e. The summed E-state index contributed by atoms with van der Waals surface area (Å²) < 4.78 is 13.6. The van der Waals surface area contributed by atoms with E-state index in [9.17, 15) is 4.39 Å². The first-order valence-electron chi connectivity index (χ1n) is 10.3. The Bertz CT molecular complexity index is 999. The zero-order chi connectivity index (χ0) is 21.1. The normalized spacial score (nSPS) is 18.9. The highest BCUT2D eigenvalue weighted by molar-refractivity contribution is 5.74. The number of nitrogens with zero attached hydrogens (tertiary/aromatic N) is 5. The predicted octanol–water partition coefficient (Wildman–Crippen LogP) is 4.20. The van der Waals surface area contributed by atoms with E-state index < -0.39 is 0 Å². The van der Waals surface area contributed by atoms with E-state index in [1.54, 1.807) is 6.21 Å². The van der Waals surface area contributed by atoms with Gasteiger partial charge in [-0.15, -0.1) is 0 Å². The van der Waals surface area contributed by atoms with Crippen LogP contribution < -0.4 is 15.1 Å². The lowest BCUT2D eigenvalue weighted by Crippen LogP contribution is -2.41. The Morgan fingerprint density at radius 2 is 2.07 bits per heavy atom. The summed E-state index contributed by atoms with van der Waals surface area (Å²) in [6.45, 7) is 8.03. The Balaban J connectivity index is 1.68. The quantitative estimate of drug-likeness (QED) is 0.825. The SMILES string of the molecule is C=C(NC1C=NC=C(F)C1)N1CCCCN(C)c2ccc(-c3cncc(C)c3)nc21. The highest BCUT2D eigenvalue weighted by Gasteiger charge is 2.23. The highest BCUT2D eigenvalue weighted by Crippen LogP contribution is 2.33. The third-order valence-electron chi connectivity index (χ3n) is 5.39. The fourth-order valence-electron chi connectivity index (χ4n) is 3.82. The van der Waals surface area contributed by atoms with Gasteiger partial charge in [0.2, 0.25) is 0 Å². The van der Waals surface area contributed by atoms with Gasteiger partial charge < -0.3 is 15.1 Å². The molecule has 0 amide bonds. The van der Waals surface area contributed by atoms with Crippen molar-refractivity contribution < 1.29 is 4.39 Å². The van der Waals surface area contributed by atoms with Crippen LogP contribution in [-0.4, -0.2) is 42.4 Å². The maximum atomic E-state index is 13.6. The van der Waals surface area contributed by atoms with Crippen molar-refractivity contribution in [2.75, 3.05) is 29.9 Å².